The maximum absolute atomic E-state index is 12.9. The summed E-state index contributed by atoms with van der Waals surface area (Å²) in [5.74, 6) is -0.799. The molecule has 0 aliphatic heterocycles. The molecule has 0 saturated heterocycles. The first kappa shape index (κ1) is 15.1. The Morgan fingerprint density at radius 2 is 2.00 bits per heavy atom. The lowest BCUT2D eigenvalue weighted by Gasteiger charge is -2.21. The Hall–Kier alpha value is -2.40. The first-order valence-electron chi connectivity index (χ1n) is 8.10. The lowest BCUT2D eigenvalue weighted by atomic mass is 10.1. The molecule has 1 fully saturated rings. The summed E-state index contributed by atoms with van der Waals surface area (Å²) in [4.78, 5) is 31.9. The number of rotatable bonds is 5. The molecule has 1 aromatic carbocycles. The zero-order valence-corrected chi connectivity index (χ0v) is 14.2. The van der Waals surface area contributed by atoms with E-state index in [0.717, 1.165) is 34.3 Å². The molecule has 0 radical (unpaired) electrons. The Morgan fingerprint density at radius 1 is 1.21 bits per heavy atom. The lowest BCUT2D eigenvalue weighted by Crippen LogP contribution is -2.37. The number of aromatic nitrogens is 1. The van der Waals surface area contributed by atoms with Crippen LogP contribution in [0.25, 0.3) is 10.9 Å². The monoisotopic (exact) mass is 338 g/mol. The van der Waals surface area contributed by atoms with Crippen molar-refractivity contribution in [3.8, 4) is 0 Å². The molecular formula is C19H18N2O2S. The van der Waals surface area contributed by atoms with Gasteiger partial charge in [0.2, 0.25) is 0 Å². The largest absolute Gasteiger partial charge is 0.358 e. The van der Waals surface area contributed by atoms with Gasteiger partial charge in [-0.1, -0.05) is 24.3 Å². The number of para-hydroxylation sites is 1. The number of aromatic amines is 1. The number of benzene rings is 1. The van der Waals surface area contributed by atoms with Crippen LogP contribution in [0.2, 0.25) is 0 Å². The second-order valence-corrected chi connectivity index (χ2v) is 7.28. The van der Waals surface area contributed by atoms with Crippen molar-refractivity contribution in [1.82, 2.24) is 9.88 Å². The van der Waals surface area contributed by atoms with Gasteiger partial charge in [-0.25, -0.2) is 0 Å². The van der Waals surface area contributed by atoms with Crippen molar-refractivity contribution in [2.24, 2.45) is 0 Å². The van der Waals surface area contributed by atoms with Crippen molar-refractivity contribution in [1.29, 1.82) is 0 Å². The van der Waals surface area contributed by atoms with E-state index in [4.69, 9.17) is 0 Å². The van der Waals surface area contributed by atoms with Crippen LogP contribution in [0.1, 0.15) is 33.8 Å². The van der Waals surface area contributed by atoms with Crippen LogP contribution in [-0.4, -0.2) is 27.6 Å². The number of ketones is 1. The van der Waals surface area contributed by atoms with Crippen molar-refractivity contribution in [3.63, 3.8) is 0 Å². The number of fused-ring (bicyclic) bond motifs is 1. The zero-order chi connectivity index (χ0) is 16.7. The molecule has 3 aromatic rings. The van der Waals surface area contributed by atoms with Crippen molar-refractivity contribution < 1.29 is 9.59 Å². The van der Waals surface area contributed by atoms with Crippen LogP contribution in [0.5, 0.6) is 0 Å². The average Bonchev–Trinajstić information content (AvgIpc) is 3.18. The van der Waals surface area contributed by atoms with Crippen LogP contribution in [0.15, 0.2) is 41.8 Å². The van der Waals surface area contributed by atoms with Crippen molar-refractivity contribution >= 4 is 33.9 Å². The van der Waals surface area contributed by atoms with E-state index in [9.17, 15) is 9.59 Å². The molecule has 1 N–H and O–H groups in total. The Bertz CT molecular complexity index is 907. The summed E-state index contributed by atoms with van der Waals surface area (Å²) in [5, 5.41) is 2.82. The number of aryl methyl sites for hydroxylation is 1. The highest BCUT2D eigenvalue weighted by Crippen LogP contribution is 2.31. The number of hydrogen-bond acceptors (Lipinski definition) is 3. The number of carbonyl (C=O) groups excluding carboxylic acids is 2. The van der Waals surface area contributed by atoms with Gasteiger partial charge in [0, 0.05) is 27.5 Å². The van der Waals surface area contributed by atoms with E-state index in [0.29, 0.717) is 12.1 Å². The van der Waals surface area contributed by atoms with E-state index in [1.165, 1.54) is 0 Å². The minimum Gasteiger partial charge on any atom is -0.358 e. The fourth-order valence-corrected chi connectivity index (χ4v) is 3.83. The molecule has 2 aromatic heterocycles. The second-order valence-electron chi connectivity index (χ2n) is 6.24. The smallest absolute Gasteiger partial charge is 0.295 e. The normalized spacial score (nSPS) is 14.0. The molecule has 4 rings (SSSR count). The van der Waals surface area contributed by atoms with Gasteiger partial charge in [0.05, 0.1) is 12.1 Å². The molecule has 122 valence electrons. The van der Waals surface area contributed by atoms with E-state index in [2.05, 4.69) is 4.98 Å². The summed E-state index contributed by atoms with van der Waals surface area (Å²) in [6.45, 7) is 2.37. The molecule has 5 heteroatoms. The lowest BCUT2D eigenvalue weighted by molar-refractivity contribution is -0.127. The molecule has 0 atom stereocenters. The van der Waals surface area contributed by atoms with Gasteiger partial charge in [-0.2, -0.15) is 0 Å². The number of hydrogen-bond donors (Lipinski definition) is 1. The van der Waals surface area contributed by atoms with Crippen LogP contribution in [-0.2, 0) is 11.3 Å². The van der Waals surface area contributed by atoms with Gasteiger partial charge in [0.25, 0.3) is 11.7 Å². The minimum absolute atomic E-state index is 0.203. The van der Waals surface area contributed by atoms with Gasteiger partial charge in [0.1, 0.15) is 0 Å². The highest BCUT2D eigenvalue weighted by Gasteiger charge is 2.37. The Labute approximate surface area is 144 Å². The van der Waals surface area contributed by atoms with E-state index in [-0.39, 0.29) is 6.04 Å². The molecule has 1 aliphatic rings. The molecule has 0 unspecified atom stereocenters. The molecule has 0 spiro atoms. The molecule has 2 heterocycles. The van der Waals surface area contributed by atoms with Gasteiger partial charge < -0.3 is 9.88 Å². The van der Waals surface area contributed by atoms with E-state index in [1.54, 1.807) is 16.2 Å². The van der Waals surface area contributed by atoms with Gasteiger partial charge in [-0.15, -0.1) is 11.3 Å². The zero-order valence-electron chi connectivity index (χ0n) is 13.4. The molecule has 0 bridgehead atoms. The summed E-state index contributed by atoms with van der Waals surface area (Å²) in [5.41, 5.74) is 2.15. The number of thiophene rings is 1. The third kappa shape index (κ3) is 2.65. The maximum Gasteiger partial charge on any atom is 0.295 e. The minimum atomic E-state index is -0.409. The number of amides is 1. The topological polar surface area (TPSA) is 53.2 Å². The maximum atomic E-state index is 12.9. The van der Waals surface area contributed by atoms with Crippen LogP contribution >= 0.6 is 11.3 Å². The van der Waals surface area contributed by atoms with Crippen LogP contribution in [0, 0.1) is 6.92 Å². The van der Waals surface area contributed by atoms with Crippen LogP contribution in [0.4, 0.5) is 0 Å². The Balaban J connectivity index is 1.66. The van der Waals surface area contributed by atoms with Gasteiger partial charge in [-0.05, 0) is 37.3 Å². The summed E-state index contributed by atoms with van der Waals surface area (Å²) < 4.78 is 0. The van der Waals surface area contributed by atoms with Crippen molar-refractivity contribution in [2.75, 3.05) is 0 Å². The number of Topliss-reactive ketones (excluding diaryl/α,β-unsaturated/α-hetero) is 1. The van der Waals surface area contributed by atoms with Gasteiger partial charge in [0.15, 0.2) is 0 Å². The van der Waals surface area contributed by atoms with Crippen LogP contribution < -0.4 is 0 Å². The fraction of sp³-hybridized carbons (Fsp3) is 0.263. The third-order valence-corrected chi connectivity index (χ3v) is 5.33. The average molecular weight is 338 g/mol. The standard InChI is InChI=1S/C19H18N2O2S/c1-12-17(15-6-2-3-7-16(15)20-12)18(22)19(23)21(13-8-9-13)11-14-5-4-10-24-14/h2-7,10,13,20H,8-9,11H2,1H3. The number of carbonyl (C=O) groups is 2. The van der Waals surface area contributed by atoms with Crippen molar-refractivity contribution in [2.45, 2.75) is 32.4 Å². The second kappa shape index (κ2) is 5.91. The molecule has 1 aliphatic carbocycles. The van der Waals surface area contributed by atoms with Crippen molar-refractivity contribution in [3.05, 3.63) is 57.9 Å². The molecule has 4 nitrogen and oxygen atoms in total. The Kier molecular flexibility index (Phi) is 3.73. The molecule has 1 amide bonds. The Morgan fingerprint density at radius 3 is 2.71 bits per heavy atom. The number of H-pyrrole nitrogens is 1. The molecule has 24 heavy (non-hydrogen) atoms. The SMILES string of the molecule is Cc1[nH]c2ccccc2c1C(=O)C(=O)N(Cc1cccs1)C1CC1. The first-order valence-corrected chi connectivity index (χ1v) is 8.98. The number of nitrogens with one attached hydrogen (secondary N) is 1. The summed E-state index contributed by atoms with van der Waals surface area (Å²) >= 11 is 1.62. The predicted molar refractivity (Wildman–Crippen MR) is 95.3 cm³/mol. The highest BCUT2D eigenvalue weighted by molar-refractivity contribution is 7.09. The van der Waals surface area contributed by atoms with Crippen LogP contribution in [0.3, 0.4) is 0 Å². The highest BCUT2D eigenvalue weighted by atomic mass is 32.1. The van der Waals surface area contributed by atoms with E-state index in [1.807, 2.05) is 48.7 Å². The fourth-order valence-electron chi connectivity index (χ4n) is 3.13. The van der Waals surface area contributed by atoms with Gasteiger partial charge >= 0.3 is 0 Å². The summed E-state index contributed by atoms with van der Waals surface area (Å²) in [6, 6.07) is 11.8. The third-order valence-electron chi connectivity index (χ3n) is 4.47. The molecular weight excluding hydrogens is 320 g/mol. The molecule has 1 saturated carbocycles. The predicted octanol–water partition coefficient (Wildman–Crippen LogP) is 3.91. The van der Waals surface area contributed by atoms with E-state index >= 15 is 0 Å². The quantitative estimate of drug-likeness (QED) is 0.566. The van der Waals surface area contributed by atoms with E-state index < -0.39 is 11.7 Å². The first-order chi connectivity index (χ1) is 11.6. The summed E-state index contributed by atoms with van der Waals surface area (Å²) in [7, 11) is 0. The number of nitrogens with zero attached hydrogens (tertiary/aromatic N) is 1. The van der Waals surface area contributed by atoms with Gasteiger partial charge in [-0.3, -0.25) is 9.59 Å². The summed E-state index contributed by atoms with van der Waals surface area (Å²) in [6.07, 6.45) is 1.97.